The molecular formula is C9H14N2S. The van der Waals surface area contributed by atoms with Gasteiger partial charge < -0.3 is 0 Å². The van der Waals surface area contributed by atoms with Crippen molar-refractivity contribution in [2.75, 3.05) is 12.0 Å². The van der Waals surface area contributed by atoms with E-state index in [2.05, 4.69) is 23.8 Å². The number of hydrogen-bond acceptors (Lipinski definition) is 3. The molecule has 0 saturated heterocycles. The molecule has 1 atom stereocenters. The topological polar surface area (TPSA) is 38.0 Å². The van der Waals surface area contributed by atoms with Crippen LogP contribution in [0, 0.1) is 0 Å². The molecule has 3 N–H and O–H groups in total. The highest BCUT2D eigenvalue weighted by molar-refractivity contribution is 7.98. The minimum absolute atomic E-state index is 0.265. The molecule has 1 rings (SSSR count). The highest BCUT2D eigenvalue weighted by Crippen LogP contribution is 2.15. The normalized spacial score (nSPS) is 12.8. The zero-order valence-electron chi connectivity index (χ0n) is 7.16. The van der Waals surface area contributed by atoms with Crippen LogP contribution in [0.5, 0.6) is 0 Å². The van der Waals surface area contributed by atoms with Gasteiger partial charge in [-0.05, 0) is 11.8 Å². The van der Waals surface area contributed by atoms with Gasteiger partial charge in [0.25, 0.3) is 0 Å². The Labute approximate surface area is 77.5 Å². The summed E-state index contributed by atoms with van der Waals surface area (Å²) in [6, 6.07) is 10.5. The van der Waals surface area contributed by atoms with Gasteiger partial charge in [0.05, 0.1) is 6.04 Å². The van der Waals surface area contributed by atoms with Crippen molar-refractivity contribution in [3.63, 3.8) is 0 Å². The van der Waals surface area contributed by atoms with Crippen LogP contribution in [-0.2, 0) is 0 Å². The minimum Gasteiger partial charge on any atom is -0.271 e. The molecule has 3 heteroatoms. The van der Waals surface area contributed by atoms with Gasteiger partial charge >= 0.3 is 0 Å². The minimum atomic E-state index is 0.265. The van der Waals surface area contributed by atoms with Crippen LogP contribution in [-0.4, -0.2) is 12.0 Å². The summed E-state index contributed by atoms with van der Waals surface area (Å²) in [5.74, 6) is 6.43. The van der Waals surface area contributed by atoms with Crippen LogP contribution in [0.3, 0.4) is 0 Å². The quantitative estimate of drug-likeness (QED) is 0.548. The molecule has 0 saturated carbocycles. The molecular weight excluding hydrogens is 168 g/mol. The maximum atomic E-state index is 5.43. The highest BCUT2D eigenvalue weighted by atomic mass is 32.2. The average molecular weight is 182 g/mol. The first kappa shape index (κ1) is 9.58. The number of nitrogens with one attached hydrogen (secondary N) is 1. The zero-order valence-corrected chi connectivity index (χ0v) is 7.97. The number of hydrogen-bond donors (Lipinski definition) is 2. The summed E-state index contributed by atoms with van der Waals surface area (Å²) in [5.41, 5.74) is 4.04. The van der Waals surface area contributed by atoms with Crippen LogP contribution in [0.2, 0.25) is 0 Å². The monoisotopic (exact) mass is 182 g/mol. The molecule has 0 heterocycles. The molecule has 66 valence electrons. The molecule has 0 aromatic heterocycles. The van der Waals surface area contributed by atoms with Crippen molar-refractivity contribution >= 4 is 11.8 Å². The lowest BCUT2D eigenvalue weighted by Crippen LogP contribution is -2.29. The number of rotatable bonds is 4. The molecule has 1 aromatic carbocycles. The van der Waals surface area contributed by atoms with Gasteiger partial charge in [0.2, 0.25) is 0 Å². The summed E-state index contributed by atoms with van der Waals surface area (Å²) in [4.78, 5) is 0. The van der Waals surface area contributed by atoms with Gasteiger partial charge in [0, 0.05) is 5.75 Å². The Morgan fingerprint density at radius 3 is 2.58 bits per heavy atom. The van der Waals surface area contributed by atoms with Gasteiger partial charge in [0.1, 0.15) is 0 Å². The fourth-order valence-corrected chi connectivity index (χ4v) is 1.71. The maximum Gasteiger partial charge on any atom is 0.0550 e. The van der Waals surface area contributed by atoms with Gasteiger partial charge in [0.15, 0.2) is 0 Å². The predicted octanol–water partition coefficient (Wildman–Crippen LogP) is 1.55. The fraction of sp³-hybridized carbons (Fsp3) is 0.333. The average Bonchev–Trinajstić information content (AvgIpc) is 2.15. The summed E-state index contributed by atoms with van der Waals surface area (Å²) < 4.78 is 0. The van der Waals surface area contributed by atoms with Gasteiger partial charge in [-0.3, -0.25) is 11.3 Å². The van der Waals surface area contributed by atoms with E-state index < -0.39 is 0 Å². The van der Waals surface area contributed by atoms with Crippen molar-refractivity contribution in [1.29, 1.82) is 0 Å². The third kappa shape index (κ3) is 2.52. The predicted molar refractivity (Wildman–Crippen MR) is 54.9 cm³/mol. The summed E-state index contributed by atoms with van der Waals surface area (Å²) >= 11 is 1.79. The SMILES string of the molecule is CSCC(NN)c1ccccc1. The third-order valence-corrected chi connectivity index (χ3v) is 2.40. The molecule has 0 fully saturated rings. The van der Waals surface area contributed by atoms with E-state index >= 15 is 0 Å². The lowest BCUT2D eigenvalue weighted by molar-refractivity contribution is 0.611. The van der Waals surface area contributed by atoms with Crippen LogP contribution in [0.4, 0.5) is 0 Å². The lowest BCUT2D eigenvalue weighted by Gasteiger charge is -2.14. The molecule has 0 aliphatic heterocycles. The van der Waals surface area contributed by atoms with E-state index in [-0.39, 0.29) is 6.04 Å². The van der Waals surface area contributed by atoms with E-state index in [4.69, 9.17) is 5.84 Å². The van der Waals surface area contributed by atoms with E-state index in [0.29, 0.717) is 0 Å². The number of benzene rings is 1. The van der Waals surface area contributed by atoms with Crippen molar-refractivity contribution in [3.8, 4) is 0 Å². The Kier molecular flexibility index (Phi) is 4.14. The van der Waals surface area contributed by atoms with Gasteiger partial charge in [-0.2, -0.15) is 11.8 Å². The first-order chi connectivity index (χ1) is 5.88. The molecule has 0 amide bonds. The zero-order chi connectivity index (χ0) is 8.81. The van der Waals surface area contributed by atoms with E-state index in [1.807, 2.05) is 18.2 Å². The smallest absolute Gasteiger partial charge is 0.0550 e. The second-order valence-corrected chi connectivity index (χ2v) is 3.50. The van der Waals surface area contributed by atoms with Crippen LogP contribution in [0.15, 0.2) is 30.3 Å². The third-order valence-electron chi connectivity index (χ3n) is 1.74. The van der Waals surface area contributed by atoms with Crippen molar-refractivity contribution in [2.45, 2.75) is 6.04 Å². The van der Waals surface area contributed by atoms with Gasteiger partial charge in [-0.1, -0.05) is 30.3 Å². The summed E-state index contributed by atoms with van der Waals surface area (Å²) in [6.45, 7) is 0. The molecule has 12 heavy (non-hydrogen) atoms. The standard InChI is InChI=1S/C9H14N2S/c1-12-7-9(11-10)8-5-3-2-4-6-8/h2-6,9,11H,7,10H2,1H3. The Morgan fingerprint density at radius 1 is 1.42 bits per heavy atom. The molecule has 1 unspecified atom stereocenters. The van der Waals surface area contributed by atoms with Crippen molar-refractivity contribution < 1.29 is 0 Å². The number of hydrazine groups is 1. The van der Waals surface area contributed by atoms with Crippen LogP contribution >= 0.6 is 11.8 Å². The fourth-order valence-electron chi connectivity index (χ4n) is 1.09. The largest absolute Gasteiger partial charge is 0.271 e. The van der Waals surface area contributed by atoms with E-state index in [0.717, 1.165) is 5.75 Å². The molecule has 2 nitrogen and oxygen atoms in total. The Balaban J connectivity index is 2.66. The van der Waals surface area contributed by atoms with Gasteiger partial charge in [-0.25, -0.2) is 0 Å². The molecule has 0 radical (unpaired) electrons. The Morgan fingerprint density at radius 2 is 2.08 bits per heavy atom. The summed E-state index contributed by atoms with van der Waals surface area (Å²) in [6.07, 6.45) is 2.08. The number of thioether (sulfide) groups is 1. The van der Waals surface area contributed by atoms with E-state index in [1.54, 1.807) is 11.8 Å². The first-order valence-electron chi connectivity index (χ1n) is 3.88. The Hall–Kier alpha value is -0.510. The van der Waals surface area contributed by atoms with Crippen LogP contribution in [0.1, 0.15) is 11.6 Å². The van der Waals surface area contributed by atoms with E-state index in [1.165, 1.54) is 5.56 Å². The Bertz CT molecular complexity index is 213. The van der Waals surface area contributed by atoms with Crippen molar-refractivity contribution in [2.24, 2.45) is 5.84 Å². The van der Waals surface area contributed by atoms with Crippen molar-refractivity contribution in [1.82, 2.24) is 5.43 Å². The molecule has 1 aromatic rings. The number of nitrogens with two attached hydrogens (primary N) is 1. The summed E-state index contributed by atoms with van der Waals surface area (Å²) in [5, 5.41) is 0. The first-order valence-corrected chi connectivity index (χ1v) is 5.28. The maximum absolute atomic E-state index is 5.43. The van der Waals surface area contributed by atoms with E-state index in [9.17, 15) is 0 Å². The molecule has 0 bridgehead atoms. The summed E-state index contributed by atoms with van der Waals surface area (Å²) in [7, 11) is 0. The van der Waals surface area contributed by atoms with Gasteiger partial charge in [-0.15, -0.1) is 0 Å². The molecule has 0 spiro atoms. The van der Waals surface area contributed by atoms with Crippen LogP contribution < -0.4 is 11.3 Å². The lowest BCUT2D eigenvalue weighted by atomic mass is 10.1. The van der Waals surface area contributed by atoms with Crippen LogP contribution in [0.25, 0.3) is 0 Å². The second-order valence-electron chi connectivity index (χ2n) is 2.59. The highest BCUT2D eigenvalue weighted by Gasteiger charge is 2.06. The molecule has 0 aliphatic rings. The second kappa shape index (κ2) is 5.19. The van der Waals surface area contributed by atoms with Crippen molar-refractivity contribution in [3.05, 3.63) is 35.9 Å². The molecule has 0 aliphatic carbocycles.